The van der Waals surface area contributed by atoms with E-state index in [2.05, 4.69) is 15.6 Å². The zero-order chi connectivity index (χ0) is 28.3. The number of hydrogen-bond donors (Lipinski definition) is 2. The molecule has 2 aliphatic carbocycles. The number of likely N-dealkylation sites (tertiary alicyclic amines) is 1. The van der Waals surface area contributed by atoms with Crippen molar-refractivity contribution in [1.82, 2.24) is 20.5 Å². The molecule has 3 aliphatic rings. The summed E-state index contributed by atoms with van der Waals surface area (Å²) < 4.78 is 12.0. The van der Waals surface area contributed by atoms with Gasteiger partial charge in [-0.3, -0.25) is 19.4 Å². The van der Waals surface area contributed by atoms with E-state index in [1.165, 1.54) is 0 Å². The van der Waals surface area contributed by atoms with Crippen molar-refractivity contribution < 1.29 is 28.7 Å². The van der Waals surface area contributed by atoms with E-state index >= 15 is 0 Å². The van der Waals surface area contributed by atoms with E-state index in [0.717, 1.165) is 63.2 Å². The maximum atomic E-state index is 12.9. The van der Waals surface area contributed by atoms with Crippen molar-refractivity contribution in [2.75, 3.05) is 26.8 Å². The molecule has 0 spiro atoms. The summed E-state index contributed by atoms with van der Waals surface area (Å²) in [6, 6.07) is 3.61. The van der Waals surface area contributed by atoms with Gasteiger partial charge in [0.1, 0.15) is 6.29 Å². The van der Waals surface area contributed by atoms with Crippen molar-refractivity contribution >= 4 is 24.0 Å². The third-order valence-electron chi connectivity index (χ3n) is 8.56. The predicted octanol–water partition coefficient (Wildman–Crippen LogP) is 2.72. The van der Waals surface area contributed by atoms with Crippen LogP contribution in [0.5, 0.6) is 0 Å². The average Bonchev–Trinajstić information content (AvgIpc) is 3.28. The van der Waals surface area contributed by atoms with Crippen LogP contribution < -0.4 is 10.6 Å². The molecule has 0 aromatic carbocycles. The summed E-state index contributed by atoms with van der Waals surface area (Å²) in [5, 5.41) is 6.05. The van der Waals surface area contributed by atoms with Crippen molar-refractivity contribution in [1.29, 1.82) is 0 Å². The Hall–Kier alpha value is -2.85. The number of aldehydes is 1. The second kappa shape index (κ2) is 15.2. The zero-order valence-electron chi connectivity index (χ0n) is 23.6. The molecule has 4 rings (SSSR count). The summed E-state index contributed by atoms with van der Waals surface area (Å²) in [6.07, 6.45) is 13.3. The number of aromatic nitrogens is 1. The van der Waals surface area contributed by atoms with E-state index in [-0.39, 0.29) is 54.4 Å². The first-order chi connectivity index (χ1) is 19.4. The summed E-state index contributed by atoms with van der Waals surface area (Å²) in [7, 11) is 1.73. The number of pyridine rings is 1. The quantitative estimate of drug-likeness (QED) is 0.283. The Balaban J connectivity index is 1.04. The Kier molecular flexibility index (Phi) is 11.5. The maximum absolute atomic E-state index is 12.9. The highest BCUT2D eigenvalue weighted by Gasteiger charge is 2.42. The lowest BCUT2D eigenvalue weighted by Crippen LogP contribution is -2.37. The van der Waals surface area contributed by atoms with Gasteiger partial charge >= 0.3 is 0 Å². The topological polar surface area (TPSA) is 127 Å². The van der Waals surface area contributed by atoms with Crippen molar-refractivity contribution in [2.45, 2.75) is 94.9 Å². The second-order valence-corrected chi connectivity index (χ2v) is 11.4. The molecule has 0 unspecified atom stereocenters. The van der Waals surface area contributed by atoms with Crippen LogP contribution in [-0.4, -0.2) is 78.9 Å². The van der Waals surface area contributed by atoms with E-state index in [1.54, 1.807) is 24.3 Å². The molecule has 10 nitrogen and oxygen atoms in total. The van der Waals surface area contributed by atoms with Gasteiger partial charge in [0.2, 0.25) is 17.7 Å². The van der Waals surface area contributed by atoms with Crippen LogP contribution in [0.2, 0.25) is 0 Å². The lowest BCUT2D eigenvalue weighted by atomic mass is 9.87. The first-order valence-electron chi connectivity index (χ1n) is 14.9. The Morgan fingerprint density at radius 2 is 1.75 bits per heavy atom. The molecule has 3 fully saturated rings. The summed E-state index contributed by atoms with van der Waals surface area (Å²) in [4.78, 5) is 54.0. The van der Waals surface area contributed by atoms with Gasteiger partial charge in [-0.15, -0.1) is 0 Å². The standard InChI is InChI=1S/C30H44N4O6/c1-34-28(37)18-26(29(34)22-4-2-14-31-19-22)30(38)32-15-17-40-25-12-10-24(11-13-25)39-16-3-5-27(36)33-23-8-6-21(20-35)7-9-23/h2,4,14,19-21,23-26,29H,3,5-13,15-18H2,1H3,(H,32,38)(H,33,36)/t21?,23?,24?,25?,26-,29+/m0/s1. The van der Waals surface area contributed by atoms with Crippen LogP contribution in [-0.2, 0) is 28.7 Å². The second-order valence-electron chi connectivity index (χ2n) is 11.4. The first-order valence-corrected chi connectivity index (χ1v) is 14.9. The molecule has 0 bridgehead atoms. The summed E-state index contributed by atoms with van der Waals surface area (Å²) in [5.41, 5.74) is 0.864. The van der Waals surface area contributed by atoms with Crippen LogP contribution in [0.25, 0.3) is 0 Å². The van der Waals surface area contributed by atoms with Gasteiger partial charge in [0.05, 0.1) is 30.8 Å². The van der Waals surface area contributed by atoms with Gasteiger partial charge in [0.25, 0.3) is 0 Å². The minimum Gasteiger partial charge on any atom is -0.378 e. The Bertz CT molecular complexity index is 976. The van der Waals surface area contributed by atoms with Gasteiger partial charge in [0, 0.05) is 57.4 Å². The minimum absolute atomic E-state index is 0.0402. The van der Waals surface area contributed by atoms with Crippen LogP contribution in [0.1, 0.15) is 82.2 Å². The Morgan fingerprint density at radius 1 is 1.05 bits per heavy atom. The fourth-order valence-electron chi connectivity index (χ4n) is 6.19. The van der Waals surface area contributed by atoms with Crippen LogP contribution in [0.3, 0.4) is 0 Å². The third kappa shape index (κ3) is 8.57. The molecule has 2 saturated carbocycles. The van der Waals surface area contributed by atoms with Gasteiger partial charge in [0.15, 0.2) is 0 Å². The summed E-state index contributed by atoms with van der Waals surface area (Å²) >= 11 is 0. The first kappa shape index (κ1) is 30.1. The smallest absolute Gasteiger partial charge is 0.226 e. The van der Waals surface area contributed by atoms with E-state index in [0.29, 0.717) is 32.6 Å². The van der Waals surface area contributed by atoms with Crippen LogP contribution in [0.4, 0.5) is 0 Å². The number of rotatable bonds is 13. The monoisotopic (exact) mass is 556 g/mol. The number of hydrogen-bond acceptors (Lipinski definition) is 7. The van der Waals surface area contributed by atoms with Gasteiger partial charge < -0.3 is 29.8 Å². The molecular formula is C30H44N4O6. The number of nitrogens with one attached hydrogen (secondary N) is 2. The van der Waals surface area contributed by atoms with Gasteiger partial charge in [-0.25, -0.2) is 0 Å². The van der Waals surface area contributed by atoms with E-state index < -0.39 is 5.92 Å². The van der Waals surface area contributed by atoms with Crippen molar-refractivity contribution in [3.05, 3.63) is 30.1 Å². The predicted molar refractivity (Wildman–Crippen MR) is 148 cm³/mol. The van der Waals surface area contributed by atoms with Crippen molar-refractivity contribution in [2.24, 2.45) is 11.8 Å². The third-order valence-corrected chi connectivity index (χ3v) is 8.56. The SMILES string of the molecule is CN1C(=O)C[C@H](C(=O)NCCOC2CCC(OCCCC(=O)NC3CCC(C=O)CC3)CC2)[C@H]1c1cccnc1. The summed E-state index contributed by atoms with van der Waals surface area (Å²) in [6.45, 7) is 1.42. The zero-order valence-corrected chi connectivity index (χ0v) is 23.6. The molecule has 3 amide bonds. The van der Waals surface area contributed by atoms with Gasteiger partial charge in [-0.2, -0.15) is 0 Å². The molecule has 1 aliphatic heterocycles. The van der Waals surface area contributed by atoms with E-state index in [9.17, 15) is 19.2 Å². The molecule has 2 N–H and O–H groups in total. The van der Waals surface area contributed by atoms with E-state index in [1.807, 2.05) is 12.1 Å². The number of ether oxygens (including phenoxy) is 2. The number of carbonyl (C=O) groups is 4. The van der Waals surface area contributed by atoms with Crippen LogP contribution in [0.15, 0.2) is 24.5 Å². The Morgan fingerprint density at radius 3 is 2.40 bits per heavy atom. The average molecular weight is 557 g/mol. The number of carbonyl (C=O) groups excluding carboxylic acids is 4. The fourth-order valence-corrected chi connectivity index (χ4v) is 6.19. The molecular weight excluding hydrogens is 512 g/mol. The maximum Gasteiger partial charge on any atom is 0.226 e. The molecule has 2 atom stereocenters. The van der Waals surface area contributed by atoms with Crippen LogP contribution >= 0.6 is 0 Å². The minimum atomic E-state index is -0.441. The fraction of sp³-hybridized carbons (Fsp3) is 0.700. The normalized spacial score (nSPS) is 28.7. The Labute approximate surface area is 236 Å². The van der Waals surface area contributed by atoms with Crippen LogP contribution in [0, 0.1) is 11.8 Å². The van der Waals surface area contributed by atoms with Crippen molar-refractivity contribution in [3.8, 4) is 0 Å². The molecule has 1 aromatic rings. The van der Waals surface area contributed by atoms with E-state index in [4.69, 9.17) is 9.47 Å². The molecule has 1 aromatic heterocycles. The molecule has 2 heterocycles. The lowest BCUT2D eigenvalue weighted by molar-refractivity contribution is -0.128. The molecule has 220 valence electrons. The molecule has 0 radical (unpaired) electrons. The number of amides is 3. The number of nitrogens with zero attached hydrogens (tertiary/aromatic N) is 2. The molecule has 10 heteroatoms. The highest BCUT2D eigenvalue weighted by molar-refractivity contribution is 5.90. The summed E-state index contributed by atoms with van der Waals surface area (Å²) in [5.74, 6) is -0.385. The van der Waals surface area contributed by atoms with Gasteiger partial charge in [-0.1, -0.05) is 6.07 Å². The molecule has 1 saturated heterocycles. The largest absolute Gasteiger partial charge is 0.378 e. The highest BCUT2D eigenvalue weighted by Crippen LogP contribution is 2.36. The van der Waals surface area contributed by atoms with Gasteiger partial charge in [-0.05, 0) is 69.4 Å². The highest BCUT2D eigenvalue weighted by atomic mass is 16.5. The lowest BCUT2D eigenvalue weighted by Gasteiger charge is -2.29. The van der Waals surface area contributed by atoms with Crippen molar-refractivity contribution in [3.63, 3.8) is 0 Å². The molecule has 40 heavy (non-hydrogen) atoms.